The van der Waals surface area contributed by atoms with Crippen LogP contribution in [0.4, 0.5) is 11.4 Å². The molecular formula is C21H17Cl2N3O5. The van der Waals surface area contributed by atoms with Crippen molar-refractivity contribution in [3.8, 4) is 0 Å². The second kappa shape index (κ2) is 6.96. The van der Waals surface area contributed by atoms with Crippen LogP contribution < -0.4 is 15.8 Å². The molecule has 8 nitrogen and oxygen atoms in total. The van der Waals surface area contributed by atoms with Crippen LogP contribution in [-0.2, 0) is 27.0 Å². The quantitative estimate of drug-likeness (QED) is 0.730. The maximum atomic E-state index is 13.5. The van der Waals surface area contributed by atoms with Gasteiger partial charge in [-0.1, -0.05) is 43.1 Å². The number of hydrogen-bond acceptors (Lipinski definition) is 5. The van der Waals surface area contributed by atoms with Crippen LogP contribution in [-0.4, -0.2) is 27.3 Å². The highest BCUT2D eigenvalue weighted by atomic mass is 35.5. The van der Waals surface area contributed by atoms with Crippen LogP contribution in [0.1, 0.15) is 19.4 Å². The Hall–Kier alpha value is -3.10. The topological polar surface area (TPSA) is 109 Å². The second-order valence-corrected chi connectivity index (χ2v) is 8.54. The molecule has 1 atom stereocenters. The van der Waals surface area contributed by atoms with Crippen LogP contribution in [0.5, 0.6) is 0 Å². The zero-order valence-electron chi connectivity index (χ0n) is 16.7. The number of fused-ring (bicyclic) bond motifs is 2. The Morgan fingerprint density at radius 3 is 2.45 bits per heavy atom. The minimum absolute atomic E-state index is 0.0631. The molecule has 10 heteroatoms. The number of halogens is 2. The largest absolute Gasteiger partial charge is 0.503 e. The Morgan fingerprint density at radius 2 is 1.84 bits per heavy atom. The van der Waals surface area contributed by atoms with Gasteiger partial charge in [0.2, 0.25) is 0 Å². The molecule has 2 aliphatic rings. The standard InChI is InChI=1S/C21H17Cl2N3O5/c1-9(2)16(27)15-17(28)19(30)26(11-7-13(23)18(29)25(3)8-11)21(15)12-5-4-10(22)6-14(12)24-20(21)31/h4-9,28H,1-3H3,(H,24,31). The first kappa shape index (κ1) is 21.1. The van der Waals surface area contributed by atoms with Crippen LogP contribution in [0.15, 0.2) is 46.6 Å². The number of aromatic nitrogens is 1. The Bertz CT molecular complexity index is 1250. The normalized spacial score (nSPS) is 20.1. The molecular weight excluding hydrogens is 445 g/mol. The van der Waals surface area contributed by atoms with E-state index >= 15 is 0 Å². The van der Waals surface area contributed by atoms with Gasteiger partial charge < -0.3 is 15.0 Å². The Balaban J connectivity index is 2.11. The molecule has 2 aliphatic heterocycles. The summed E-state index contributed by atoms with van der Waals surface area (Å²) in [5.41, 5.74) is -2.19. The molecule has 0 saturated heterocycles. The van der Waals surface area contributed by atoms with Crippen molar-refractivity contribution < 1.29 is 19.5 Å². The van der Waals surface area contributed by atoms with E-state index in [4.69, 9.17) is 23.2 Å². The van der Waals surface area contributed by atoms with Crippen molar-refractivity contribution in [2.45, 2.75) is 19.4 Å². The van der Waals surface area contributed by atoms with Gasteiger partial charge in [-0.2, -0.15) is 0 Å². The van der Waals surface area contributed by atoms with Crippen molar-refractivity contribution in [2.75, 3.05) is 10.2 Å². The van der Waals surface area contributed by atoms with Gasteiger partial charge in [-0.25, -0.2) is 0 Å². The van der Waals surface area contributed by atoms with Crippen LogP contribution in [0.25, 0.3) is 0 Å². The van der Waals surface area contributed by atoms with Gasteiger partial charge in [0.15, 0.2) is 17.1 Å². The van der Waals surface area contributed by atoms with Gasteiger partial charge in [-0.15, -0.1) is 0 Å². The van der Waals surface area contributed by atoms with Gasteiger partial charge in [-0.05, 0) is 18.2 Å². The summed E-state index contributed by atoms with van der Waals surface area (Å²) in [4.78, 5) is 53.0. The number of aliphatic hydroxyl groups is 1. The van der Waals surface area contributed by atoms with Crippen LogP contribution >= 0.6 is 23.2 Å². The van der Waals surface area contributed by atoms with Gasteiger partial charge in [-0.3, -0.25) is 24.1 Å². The lowest BCUT2D eigenvalue weighted by molar-refractivity contribution is -0.125. The maximum Gasteiger partial charge on any atom is 0.295 e. The number of anilines is 2. The van der Waals surface area contributed by atoms with E-state index in [1.807, 2.05) is 0 Å². The summed E-state index contributed by atoms with van der Waals surface area (Å²) in [6, 6.07) is 5.75. The molecule has 2 aromatic rings. The highest BCUT2D eigenvalue weighted by Gasteiger charge is 2.64. The molecule has 1 spiro atoms. The van der Waals surface area contributed by atoms with Crippen LogP contribution in [0, 0.1) is 5.92 Å². The molecule has 2 amide bonds. The highest BCUT2D eigenvalue weighted by molar-refractivity contribution is 6.33. The monoisotopic (exact) mass is 461 g/mol. The number of hydrogen-bond donors (Lipinski definition) is 2. The van der Waals surface area contributed by atoms with E-state index in [2.05, 4.69) is 5.32 Å². The summed E-state index contributed by atoms with van der Waals surface area (Å²) < 4.78 is 1.15. The maximum absolute atomic E-state index is 13.5. The molecule has 1 aromatic carbocycles. The van der Waals surface area contributed by atoms with Crippen molar-refractivity contribution in [1.82, 2.24) is 4.57 Å². The predicted octanol–water partition coefficient (Wildman–Crippen LogP) is 2.92. The molecule has 0 radical (unpaired) electrons. The fourth-order valence-electron chi connectivity index (χ4n) is 4.06. The highest BCUT2D eigenvalue weighted by Crippen LogP contribution is 2.53. The molecule has 1 aromatic heterocycles. The lowest BCUT2D eigenvalue weighted by Crippen LogP contribution is -2.52. The predicted molar refractivity (Wildman–Crippen MR) is 115 cm³/mol. The molecule has 1 unspecified atom stereocenters. The number of nitrogens with one attached hydrogen (secondary N) is 1. The molecule has 2 N–H and O–H groups in total. The number of carbonyl (C=O) groups is 3. The molecule has 31 heavy (non-hydrogen) atoms. The lowest BCUT2D eigenvalue weighted by Gasteiger charge is -2.35. The molecule has 4 rings (SSSR count). The molecule has 0 fully saturated rings. The third-order valence-corrected chi connectivity index (χ3v) is 5.95. The number of nitrogens with zero attached hydrogens (tertiary/aromatic N) is 2. The number of aryl methyl sites for hydroxylation is 1. The van der Waals surface area contributed by atoms with Crippen molar-refractivity contribution >= 4 is 52.2 Å². The first-order valence-corrected chi connectivity index (χ1v) is 10.1. The van der Waals surface area contributed by atoms with Crippen molar-refractivity contribution in [3.63, 3.8) is 0 Å². The van der Waals surface area contributed by atoms with Gasteiger partial charge >= 0.3 is 0 Å². The zero-order chi connectivity index (χ0) is 22.8. The average Bonchev–Trinajstić information content (AvgIpc) is 3.10. The number of ketones is 1. The van der Waals surface area contributed by atoms with Crippen LogP contribution in [0.2, 0.25) is 10.0 Å². The number of pyridine rings is 1. The fourth-order valence-corrected chi connectivity index (χ4v) is 4.48. The zero-order valence-corrected chi connectivity index (χ0v) is 18.2. The number of benzene rings is 1. The van der Waals surface area contributed by atoms with Crippen molar-refractivity contribution in [2.24, 2.45) is 13.0 Å². The summed E-state index contributed by atoms with van der Waals surface area (Å²) in [7, 11) is 1.43. The summed E-state index contributed by atoms with van der Waals surface area (Å²) in [6.07, 6.45) is 1.31. The average molecular weight is 462 g/mol. The van der Waals surface area contributed by atoms with Crippen molar-refractivity contribution in [1.29, 1.82) is 0 Å². The van der Waals surface area contributed by atoms with Gasteiger partial charge in [0.25, 0.3) is 17.4 Å². The third-order valence-electron chi connectivity index (χ3n) is 5.44. The number of aliphatic hydroxyl groups excluding tert-OH is 1. The fraction of sp³-hybridized carbons (Fsp3) is 0.238. The number of carbonyl (C=O) groups excluding carboxylic acids is 3. The number of rotatable bonds is 3. The number of amides is 2. The first-order valence-electron chi connectivity index (χ1n) is 9.32. The lowest BCUT2D eigenvalue weighted by atomic mass is 9.79. The summed E-state index contributed by atoms with van der Waals surface area (Å²) in [5.74, 6) is -3.69. The Kier molecular flexibility index (Phi) is 4.75. The molecule has 0 aliphatic carbocycles. The summed E-state index contributed by atoms with van der Waals surface area (Å²) in [5, 5.41) is 13.6. The van der Waals surface area contributed by atoms with E-state index < -0.39 is 40.4 Å². The minimum atomic E-state index is -1.98. The molecule has 3 heterocycles. The van der Waals surface area contributed by atoms with E-state index in [0.29, 0.717) is 10.7 Å². The van der Waals surface area contributed by atoms with Crippen molar-refractivity contribution in [3.05, 3.63) is 67.8 Å². The van der Waals surface area contributed by atoms with E-state index in [9.17, 15) is 24.3 Å². The summed E-state index contributed by atoms with van der Waals surface area (Å²) >= 11 is 12.1. The number of Topliss-reactive ketones (excluding diaryl/α,β-unsaturated/α-hetero) is 1. The molecule has 160 valence electrons. The van der Waals surface area contributed by atoms with Gasteiger partial charge in [0.1, 0.15) is 5.02 Å². The Morgan fingerprint density at radius 1 is 1.16 bits per heavy atom. The van der Waals surface area contributed by atoms with E-state index in [0.717, 1.165) is 9.47 Å². The smallest absolute Gasteiger partial charge is 0.295 e. The molecule has 0 bridgehead atoms. The van der Waals surface area contributed by atoms with E-state index in [1.165, 1.54) is 37.5 Å². The van der Waals surface area contributed by atoms with Gasteiger partial charge in [0.05, 0.1) is 11.3 Å². The van der Waals surface area contributed by atoms with E-state index in [-0.39, 0.29) is 21.8 Å². The molecule has 0 saturated carbocycles. The van der Waals surface area contributed by atoms with Crippen LogP contribution in [0.3, 0.4) is 0 Å². The second-order valence-electron chi connectivity index (χ2n) is 7.70. The van der Waals surface area contributed by atoms with E-state index in [1.54, 1.807) is 13.8 Å². The SMILES string of the molecule is CC(C)C(=O)C1=C(O)C(=O)N(c2cc(Cl)c(=O)n(C)c2)C12C(=O)Nc1cc(Cl)ccc12. The third kappa shape index (κ3) is 2.75. The van der Waals surface area contributed by atoms with Gasteiger partial charge in [0, 0.05) is 35.4 Å². The minimum Gasteiger partial charge on any atom is -0.503 e. The Labute approximate surface area is 186 Å². The first-order chi connectivity index (χ1) is 14.5. The summed E-state index contributed by atoms with van der Waals surface area (Å²) in [6.45, 7) is 3.20.